The molecule has 2 aliphatic heterocycles. The standard InChI is InChI=1S/C34H27BN2/c1-34(2,3)22-20-26-24-14-7-9-17-29(24)37-33(26)27(21-22)25-15-11-19-31-32(25)35(37)28-16-8-10-18-30(28)36(31)23-12-5-4-6-13-23/h4-21H,1-3H3. The predicted octanol–water partition coefficient (Wildman–Crippen LogP) is 7.51. The second-order valence-corrected chi connectivity index (χ2v) is 11.4. The molecular formula is C34H27BN2. The molecule has 3 heteroatoms. The normalized spacial score (nSPS) is 13.7. The fourth-order valence-corrected chi connectivity index (χ4v) is 6.64. The van der Waals surface area contributed by atoms with Gasteiger partial charge < -0.3 is 9.38 Å². The molecule has 0 saturated heterocycles. The second-order valence-electron chi connectivity index (χ2n) is 11.4. The van der Waals surface area contributed by atoms with E-state index in [-0.39, 0.29) is 12.3 Å². The molecule has 0 amide bonds. The topological polar surface area (TPSA) is 8.17 Å². The molecule has 37 heavy (non-hydrogen) atoms. The molecule has 0 fully saturated rings. The Labute approximate surface area is 217 Å². The number of hydrogen-bond donors (Lipinski definition) is 0. The van der Waals surface area contributed by atoms with Crippen molar-refractivity contribution < 1.29 is 0 Å². The lowest BCUT2D eigenvalue weighted by Crippen LogP contribution is -2.56. The van der Waals surface area contributed by atoms with E-state index in [1.807, 2.05) is 0 Å². The summed E-state index contributed by atoms with van der Waals surface area (Å²) >= 11 is 0. The lowest BCUT2D eigenvalue weighted by atomic mass is 9.45. The van der Waals surface area contributed by atoms with E-state index in [1.54, 1.807) is 0 Å². The summed E-state index contributed by atoms with van der Waals surface area (Å²) in [5.74, 6) is 0. The van der Waals surface area contributed by atoms with E-state index in [9.17, 15) is 0 Å². The van der Waals surface area contributed by atoms with Gasteiger partial charge in [-0.1, -0.05) is 87.5 Å². The third-order valence-corrected chi connectivity index (χ3v) is 8.30. The molecule has 2 nitrogen and oxygen atoms in total. The molecule has 0 bridgehead atoms. The van der Waals surface area contributed by atoms with E-state index in [2.05, 4.69) is 139 Å². The number of benzene rings is 5. The second kappa shape index (κ2) is 7.17. The molecule has 6 aromatic rings. The number of para-hydroxylation sites is 3. The smallest absolute Gasteiger partial charge is 0.333 e. The van der Waals surface area contributed by atoms with Crippen molar-refractivity contribution in [2.75, 3.05) is 4.90 Å². The van der Waals surface area contributed by atoms with Gasteiger partial charge in [0.05, 0.1) is 0 Å². The Morgan fingerprint density at radius 1 is 0.622 bits per heavy atom. The third kappa shape index (κ3) is 2.72. The summed E-state index contributed by atoms with van der Waals surface area (Å²) in [6.45, 7) is 7.08. The molecule has 0 saturated carbocycles. The first kappa shape index (κ1) is 20.9. The van der Waals surface area contributed by atoms with Crippen LogP contribution in [0.4, 0.5) is 17.1 Å². The SMILES string of the molecule is CC(C)(C)c1cc2c3c(c1)c1ccccc1n3B1c3ccccc3N(c3ccccc3)c3cccc-2c31. The first-order valence-electron chi connectivity index (χ1n) is 13.2. The molecule has 0 unspecified atom stereocenters. The fourth-order valence-electron chi connectivity index (χ4n) is 6.64. The third-order valence-electron chi connectivity index (χ3n) is 8.30. The van der Waals surface area contributed by atoms with E-state index >= 15 is 0 Å². The van der Waals surface area contributed by atoms with Crippen LogP contribution in [0.25, 0.3) is 32.9 Å². The summed E-state index contributed by atoms with van der Waals surface area (Å²) < 4.78 is 2.62. The van der Waals surface area contributed by atoms with E-state index in [0.29, 0.717) is 0 Å². The first-order valence-corrected chi connectivity index (χ1v) is 13.2. The molecule has 0 atom stereocenters. The van der Waals surface area contributed by atoms with Crippen molar-refractivity contribution in [3.8, 4) is 11.1 Å². The first-order chi connectivity index (χ1) is 18.0. The lowest BCUT2D eigenvalue weighted by molar-refractivity contribution is 0.591. The van der Waals surface area contributed by atoms with Gasteiger partial charge in [-0.2, -0.15) is 0 Å². The molecule has 0 N–H and O–H groups in total. The zero-order valence-electron chi connectivity index (χ0n) is 21.4. The minimum atomic E-state index is 0.0578. The van der Waals surface area contributed by atoms with Gasteiger partial charge in [0, 0.05) is 44.4 Å². The highest BCUT2D eigenvalue weighted by molar-refractivity contribution is 6.90. The molecule has 0 aliphatic carbocycles. The van der Waals surface area contributed by atoms with Gasteiger partial charge in [-0.15, -0.1) is 0 Å². The largest absolute Gasteiger partial charge is 0.375 e. The van der Waals surface area contributed by atoms with Crippen molar-refractivity contribution in [1.29, 1.82) is 0 Å². The Balaban J connectivity index is 1.57. The minimum absolute atomic E-state index is 0.0578. The van der Waals surface area contributed by atoms with Crippen LogP contribution in [0.1, 0.15) is 26.3 Å². The Morgan fingerprint density at radius 2 is 1.35 bits per heavy atom. The zero-order chi connectivity index (χ0) is 24.9. The monoisotopic (exact) mass is 474 g/mol. The van der Waals surface area contributed by atoms with Crippen molar-refractivity contribution in [1.82, 2.24) is 4.48 Å². The maximum atomic E-state index is 2.62. The van der Waals surface area contributed by atoms with Crippen molar-refractivity contribution in [3.05, 3.63) is 115 Å². The molecule has 2 aliphatic rings. The average molecular weight is 474 g/mol. The Morgan fingerprint density at radius 3 is 2.19 bits per heavy atom. The van der Waals surface area contributed by atoms with Gasteiger partial charge in [0.25, 0.3) is 0 Å². The summed E-state index contributed by atoms with van der Waals surface area (Å²) in [5, 5.41) is 2.69. The van der Waals surface area contributed by atoms with Gasteiger partial charge in [-0.25, -0.2) is 0 Å². The van der Waals surface area contributed by atoms with E-state index in [0.717, 1.165) is 0 Å². The molecule has 1 aromatic heterocycles. The van der Waals surface area contributed by atoms with E-state index in [1.165, 1.54) is 66.5 Å². The summed E-state index contributed by atoms with van der Waals surface area (Å²) in [6.07, 6.45) is 0. The average Bonchev–Trinajstić information content (AvgIpc) is 3.25. The molecular weight excluding hydrogens is 447 g/mol. The number of rotatable bonds is 1. The number of hydrogen-bond acceptors (Lipinski definition) is 1. The van der Waals surface area contributed by atoms with E-state index in [4.69, 9.17) is 0 Å². The maximum absolute atomic E-state index is 2.62. The van der Waals surface area contributed by atoms with Crippen LogP contribution in [0, 0.1) is 0 Å². The number of nitrogens with zero attached hydrogens (tertiary/aromatic N) is 2. The van der Waals surface area contributed by atoms with Crippen LogP contribution >= 0.6 is 0 Å². The number of aromatic nitrogens is 1. The van der Waals surface area contributed by atoms with Crippen molar-refractivity contribution in [2.45, 2.75) is 26.2 Å². The molecule has 3 heterocycles. The van der Waals surface area contributed by atoms with Gasteiger partial charge in [-0.3, -0.25) is 0 Å². The van der Waals surface area contributed by atoms with Crippen LogP contribution in [-0.2, 0) is 5.41 Å². The van der Waals surface area contributed by atoms with Gasteiger partial charge in [0.15, 0.2) is 0 Å². The Hall–Kier alpha value is -4.24. The highest BCUT2D eigenvalue weighted by Crippen LogP contribution is 2.46. The summed E-state index contributed by atoms with van der Waals surface area (Å²) in [5.41, 5.74) is 13.2. The maximum Gasteiger partial charge on any atom is 0.333 e. The molecule has 5 aromatic carbocycles. The molecule has 8 rings (SSSR count). The van der Waals surface area contributed by atoms with Crippen molar-refractivity contribution in [3.63, 3.8) is 0 Å². The van der Waals surface area contributed by atoms with Crippen LogP contribution < -0.4 is 15.8 Å². The Bertz CT molecular complexity index is 1870. The number of anilines is 3. The van der Waals surface area contributed by atoms with Gasteiger partial charge >= 0.3 is 6.85 Å². The van der Waals surface area contributed by atoms with Gasteiger partial charge in [0.2, 0.25) is 0 Å². The van der Waals surface area contributed by atoms with Gasteiger partial charge in [0.1, 0.15) is 0 Å². The van der Waals surface area contributed by atoms with Crippen LogP contribution in [0.15, 0.2) is 109 Å². The van der Waals surface area contributed by atoms with Gasteiger partial charge in [-0.05, 0) is 69.9 Å². The number of fused-ring (bicyclic) bond motifs is 7. The zero-order valence-corrected chi connectivity index (χ0v) is 21.4. The van der Waals surface area contributed by atoms with Crippen LogP contribution in [-0.4, -0.2) is 11.3 Å². The van der Waals surface area contributed by atoms with Crippen molar-refractivity contribution >= 4 is 56.6 Å². The molecule has 176 valence electrons. The Kier molecular flexibility index (Phi) is 4.05. The molecule has 0 spiro atoms. The van der Waals surface area contributed by atoms with Crippen LogP contribution in [0.2, 0.25) is 0 Å². The highest BCUT2D eigenvalue weighted by Gasteiger charge is 2.42. The molecule has 0 radical (unpaired) electrons. The minimum Gasteiger partial charge on any atom is -0.375 e. The fraction of sp³-hybridized carbons (Fsp3) is 0.118. The highest BCUT2D eigenvalue weighted by atomic mass is 15.2. The quantitative estimate of drug-likeness (QED) is 0.224. The lowest BCUT2D eigenvalue weighted by Gasteiger charge is -2.40. The van der Waals surface area contributed by atoms with Crippen LogP contribution in [0.5, 0.6) is 0 Å². The van der Waals surface area contributed by atoms with E-state index < -0.39 is 0 Å². The summed E-state index contributed by atoms with van der Waals surface area (Å²) in [7, 11) is 0. The predicted molar refractivity (Wildman–Crippen MR) is 159 cm³/mol. The summed E-state index contributed by atoms with van der Waals surface area (Å²) in [4.78, 5) is 2.45. The van der Waals surface area contributed by atoms with Crippen molar-refractivity contribution in [2.24, 2.45) is 0 Å². The summed E-state index contributed by atoms with van der Waals surface area (Å²) in [6, 6.07) is 40.5. The van der Waals surface area contributed by atoms with Crippen LogP contribution in [0.3, 0.4) is 0 Å².